The third-order valence-corrected chi connectivity index (χ3v) is 5.65. The van der Waals surface area contributed by atoms with Crippen LogP contribution in [0.5, 0.6) is 0 Å². The van der Waals surface area contributed by atoms with E-state index in [9.17, 15) is 0 Å². The predicted octanol–water partition coefficient (Wildman–Crippen LogP) is 4.34. The zero-order valence-electron chi connectivity index (χ0n) is 10.7. The Labute approximate surface area is 123 Å². The zero-order valence-corrected chi connectivity index (χ0v) is 13.2. The number of hydrogen-bond acceptors (Lipinski definition) is 0. The summed E-state index contributed by atoms with van der Waals surface area (Å²) in [7, 11) is 0. The third-order valence-electron chi connectivity index (χ3n) is 4.60. The van der Waals surface area contributed by atoms with Crippen molar-refractivity contribution in [3.05, 3.63) is 61.5 Å². The molecule has 0 amide bonds. The first-order chi connectivity index (χ1) is 8.60. The molecule has 4 rings (SSSR count). The van der Waals surface area contributed by atoms with Crippen molar-refractivity contribution in [2.45, 2.75) is 26.2 Å². The molecule has 0 radical (unpaired) electrons. The van der Waals surface area contributed by atoms with Crippen LogP contribution in [0.1, 0.15) is 37.3 Å². The minimum atomic E-state index is 0.387. The predicted molar refractivity (Wildman–Crippen MR) is 70.7 cm³/mol. The molecular formula is C17H15Zr. The standard InChI is InChI=1S/C17H15.Zr/c1-17(2)15-10-9-14(16(15)17)13-8-7-11-5-3-4-6-12(11)13;/h3-8,13H,9H2,1-2H3;. The van der Waals surface area contributed by atoms with Crippen molar-refractivity contribution in [3.8, 4) is 0 Å². The Morgan fingerprint density at radius 3 is 2.67 bits per heavy atom. The topological polar surface area (TPSA) is 0 Å². The van der Waals surface area contributed by atoms with Gasteiger partial charge in [0.25, 0.3) is 0 Å². The summed E-state index contributed by atoms with van der Waals surface area (Å²) in [6.45, 7) is 4.76. The first-order valence-corrected chi connectivity index (χ1v) is 7.80. The SMILES string of the molecule is CC1(C)C2=[C]([Zr])CC(C3C=Cc4ccccc43)=C21. The van der Waals surface area contributed by atoms with E-state index in [2.05, 4.69) is 50.3 Å². The summed E-state index contributed by atoms with van der Waals surface area (Å²) in [6.07, 6.45) is 5.92. The van der Waals surface area contributed by atoms with Crippen molar-refractivity contribution in [1.82, 2.24) is 0 Å². The van der Waals surface area contributed by atoms with Gasteiger partial charge >= 0.3 is 124 Å². The third kappa shape index (κ3) is 1.29. The Hall–Kier alpha value is -0.677. The van der Waals surface area contributed by atoms with Gasteiger partial charge in [-0.2, -0.15) is 0 Å². The molecule has 3 aliphatic carbocycles. The Balaban J connectivity index is 1.82. The van der Waals surface area contributed by atoms with Gasteiger partial charge in [0.15, 0.2) is 0 Å². The summed E-state index contributed by atoms with van der Waals surface area (Å²) < 4.78 is 1.69. The molecule has 0 N–H and O–H groups in total. The molecule has 1 saturated carbocycles. The summed E-state index contributed by atoms with van der Waals surface area (Å²) >= 11 is 1.61. The number of hydrogen-bond donors (Lipinski definition) is 0. The molecule has 3 aliphatic rings. The second kappa shape index (κ2) is 3.45. The van der Waals surface area contributed by atoms with E-state index in [0.29, 0.717) is 11.3 Å². The van der Waals surface area contributed by atoms with Gasteiger partial charge in [0, 0.05) is 0 Å². The summed E-state index contributed by atoms with van der Waals surface area (Å²) in [5.74, 6) is 0.547. The molecule has 1 aromatic rings. The van der Waals surface area contributed by atoms with Crippen molar-refractivity contribution in [2.75, 3.05) is 0 Å². The Kier molecular flexibility index (Phi) is 2.14. The summed E-state index contributed by atoms with van der Waals surface area (Å²) in [5.41, 5.74) is 8.36. The molecule has 87 valence electrons. The van der Waals surface area contributed by atoms with E-state index < -0.39 is 0 Å². The van der Waals surface area contributed by atoms with Crippen LogP contribution in [0.3, 0.4) is 0 Å². The molecule has 1 heteroatoms. The number of rotatable bonds is 1. The quantitative estimate of drug-likeness (QED) is 0.724. The van der Waals surface area contributed by atoms with E-state index >= 15 is 0 Å². The zero-order chi connectivity index (χ0) is 12.5. The molecule has 0 heterocycles. The van der Waals surface area contributed by atoms with Crippen molar-refractivity contribution in [2.24, 2.45) is 5.41 Å². The molecular weight excluding hydrogens is 295 g/mol. The van der Waals surface area contributed by atoms with Crippen molar-refractivity contribution >= 4 is 6.08 Å². The van der Waals surface area contributed by atoms with Gasteiger partial charge in [-0.15, -0.1) is 0 Å². The average molecular weight is 311 g/mol. The molecule has 0 aromatic heterocycles. The molecule has 1 aromatic carbocycles. The van der Waals surface area contributed by atoms with Crippen LogP contribution in [-0.2, 0) is 24.7 Å². The molecule has 0 spiro atoms. The summed E-state index contributed by atoms with van der Waals surface area (Å²) in [5, 5.41) is 0. The molecule has 1 atom stereocenters. The maximum atomic E-state index is 2.40. The fraction of sp³-hybridized carbons (Fsp3) is 0.294. The van der Waals surface area contributed by atoms with Crippen molar-refractivity contribution in [1.29, 1.82) is 0 Å². The second-order valence-corrected chi connectivity index (χ2v) is 7.50. The van der Waals surface area contributed by atoms with Crippen LogP contribution in [0.25, 0.3) is 6.08 Å². The van der Waals surface area contributed by atoms with Gasteiger partial charge < -0.3 is 0 Å². The molecule has 18 heavy (non-hydrogen) atoms. The Morgan fingerprint density at radius 2 is 1.94 bits per heavy atom. The van der Waals surface area contributed by atoms with Gasteiger partial charge in [-0.1, -0.05) is 0 Å². The van der Waals surface area contributed by atoms with Crippen LogP contribution in [0.4, 0.5) is 0 Å². The molecule has 1 fully saturated rings. The Morgan fingerprint density at radius 1 is 1.17 bits per heavy atom. The molecule has 0 saturated heterocycles. The van der Waals surface area contributed by atoms with Crippen molar-refractivity contribution < 1.29 is 24.7 Å². The van der Waals surface area contributed by atoms with Gasteiger partial charge in [-0.05, 0) is 0 Å². The second-order valence-electron chi connectivity index (χ2n) is 6.02. The van der Waals surface area contributed by atoms with E-state index in [1.165, 1.54) is 17.5 Å². The number of benzene rings is 1. The van der Waals surface area contributed by atoms with Crippen LogP contribution >= 0.6 is 0 Å². The van der Waals surface area contributed by atoms with Gasteiger partial charge in [0.1, 0.15) is 0 Å². The van der Waals surface area contributed by atoms with Crippen LogP contribution in [0.15, 0.2) is 50.3 Å². The first-order valence-electron chi connectivity index (χ1n) is 6.57. The molecule has 0 bridgehead atoms. The Bertz CT molecular complexity index is 656. The fourth-order valence-electron chi connectivity index (χ4n) is 3.74. The monoisotopic (exact) mass is 309 g/mol. The van der Waals surface area contributed by atoms with Crippen molar-refractivity contribution in [3.63, 3.8) is 0 Å². The van der Waals surface area contributed by atoms with Crippen LogP contribution in [-0.4, -0.2) is 0 Å². The van der Waals surface area contributed by atoms with E-state index in [0.717, 1.165) is 0 Å². The molecule has 0 nitrogen and oxygen atoms in total. The van der Waals surface area contributed by atoms with E-state index in [1.54, 1.807) is 44.7 Å². The first kappa shape index (κ1) is 11.2. The van der Waals surface area contributed by atoms with E-state index in [1.807, 2.05) is 0 Å². The van der Waals surface area contributed by atoms with Crippen LogP contribution < -0.4 is 0 Å². The maximum absolute atomic E-state index is 2.40. The fourth-order valence-corrected chi connectivity index (χ4v) is 5.29. The minimum absolute atomic E-state index is 0.387. The van der Waals surface area contributed by atoms with Crippen LogP contribution in [0, 0.1) is 5.41 Å². The van der Waals surface area contributed by atoms with Crippen LogP contribution in [0.2, 0.25) is 0 Å². The summed E-state index contributed by atoms with van der Waals surface area (Å²) in [6, 6.07) is 8.84. The molecule has 1 unspecified atom stereocenters. The van der Waals surface area contributed by atoms with Gasteiger partial charge in [0.05, 0.1) is 0 Å². The molecule has 0 aliphatic heterocycles. The van der Waals surface area contributed by atoms with Gasteiger partial charge in [-0.3, -0.25) is 0 Å². The number of fused-ring (bicyclic) bond motifs is 2. The summed E-state index contributed by atoms with van der Waals surface area (Å²) in [4.78, 5) is 0. The van der Waals surface area contributed by atoms with Gasteiger partial charge in [-0.25, -0.2) is 0 Å². The van der Waals surface area contributed by atoms with E-state index in [4.69, 9.17) is 0 Å². The van der Waals surface area contributed by atoms with Gasteiger partial charge in [0.2, 0.25) is 0 Å². The average Bonchev–Trinajstić information content (AvgIpc) is 2.69. The van der Waals surface area contributed by atoms with E-state index in [-0.39, 0.29) is 0 Å². The normalized spacial score (nSPS) is 26.6. The number of allylic oxidation sites excluding steroid dienone is 5.